The van der Waals surface area contributed by atoms with Crippen LogP contribution in [-0.2, 0) is 14.8 Å². The molecule has 3 heterocycles. The van der Waals surface area contributed by atoms with Crippen LogP contribution in [0.25, 0.3) is 10.6 Å². The van der Waals surface area contributed by atoms with Gasteiger partial charge in [-0.3, -0.25) is 9.69 Å². The molecular formula is C15H20N4O4S2. The molecule has 0 spiro atoms. The number of hydrogen-bond donors (Lipinski definition) is 2. The first-order valence-corrected chi connectivity index (χ1v) is 10.3. The van der Waals surface area contributed by atoms with Crippen LogP contribution >= 0.6 is 11.3 Å². The van der Waals surface area contributed by atoms with Gasteiger partial charge in [0, 0.05) is 25.7 Å². The van der Waals surface area contributed by atoms with E-state index in [0.717, 1.165) is 50.6 Å². The highest BCUT2D eigenvalue weighted by Gasteiger charge is 2.18. The van der Waals surface area contributed by atoms with Crippen LogP contribution in [0.15, 0.2) is 33.3 Å². The molecule has 1 aliphatic rings. The van der Waals surface area contributed by atoms with Gasteiger partial charge in [0.05, 0.1) is 18.1 Å². The van der Waals surface area contributed by atoms with Gasteiger partial charge in [0.1, 0.15) is 9.90 Å². The molecule has 2 aromatic heterocycles. The first kappa shape index (κ1) is 18.2. The zero-order valence-corrected chi connectivity index (χ0v) is 15.2. The number of nitrogens with one attached hydrogen (secondary N) is 2. The number of thiophene rings is 1. The summed E-state index contributed by atoms with van der Waals surface area (Å²) < 4.78 is 32.9. The number of hydrogen-bond acceptors (Lipinski definition) is 7. The predicted molar refractivity (Wildman–Crippen MR) is 95.2 cm³/mol. The van der Waals surface area contributed by atoms with Crippen LogP contribution < -0.4 is 10.3 Å². The quantitative estimate of drug-likeness (QED) is 0.674. The Morgan fingerprint density at radius 3 is 2.76 bits per heavy atom. The minimum absolute atomic E-state index is 0.238. The fourth-order valence-corrected chi connectivity index (χ4v) is 4.88. The van der Waals surface area contributed by atoms with Crippen molar-refractivity contribution in [2.24, 2.45) is 0 Å². The van der Waals surface area contributed by atoms with Gasteiger partial charge < -0.3 is 4.74 Å². The second kappa shape index (κ2) is 8.19. The van der Waals surface area contributed by atoms with Crippen molar-refractivity contribution < 1.29 is 13.2 Å². The average Bonchev–Trinajstić information content (AvgIpc) is 3.11. The van der Waals surface area contributed by atoms with Crippen molar-refractivity contribution in [3.05, 3.63) is 34.6 Å². The molecule has 1 fully saturated rings. The molecule has 0 bridgehead atoms. The number of aromatic nitrogens is 2. The molecule has 8 nitrogen and oxygen atoms in total. The summed E-state index contributed by atoms with van der Waals surface area (Å²) in [5.41, 5.74) is 0.244. The lowest BCUT2D eigenvalue weighted by molar-refractivity contribution is 0.0376. The second-order valence-corrected chi connectivity index (χ2v) is 8.71. The standard InChI is InChI=1S/C15H20N4O4S2/c20-14-4-2-12(17-18-14)13-3-5-15(24-13)25(21,22)16-6-1-7-19-8-10-23-11-9-19/h2-5,16H,1,6-11H2,(H,18,20). The molecule has 0 radical (unpaired) electrons. The van der Waals surface area contributed by atoms with Gasteiger partial charge in [0.2, 0.25) is 10.0 Å². The summed E-state index contributed by atoms with van der Waals surface area (Å²) in [5.74, 6) is 0. The number of rotatable bonds is 7. The van der Waals surface area contributed by atoms with E-state index in [4.69, 9.17) is 4.74 Å². The maximum Gasteiger partial charge on any atom is 0.264 e. The largest absolute Gasteiger partial charge is 0.379 e. The lowest BCUT2D eigenvalue weighted by atomic mass is 10.3. The van der Waals surface area contributed by atoms with Gasteiger partial charge in [-0.1, -0.05) is 0 Å². The summed E-state index contributed by atoms with van der Waals surface area (Å²) in [6, 6.07) is 6.17. The molecule has 0 aromatic carbocycles. The van der Waals surface area contributed by atoms with Crippen LogP contribution in [0.5, 0.6) is 0 Å². The predicted octanol–water partition coefficient (Wildman–Crippen LogP) is 0.499. The van der Waals surface area contributed by atoms with Gasteiger partial charge in [-0.15, -0.1) is 11.3 Å². The van der Waals surface area contributed by atoms with Crippen molar-refractivity contribution in [3.8, 4) is 10.6 Å². The first-order chi connectivity index (χ1) is 12.0. The Hall–Kier alpha value is -1.59. The topological polar surface area (TPSA) is 104 Å². The van der Waals surface area contributed by atoms with Crippen LogP contribution in [-0.4, -0.2) is 62.9 Å². The lowest BCUT2D eigenvalue weighted by Gasteiger charge is -2.26. The van der Waals surface area contributed by atoms with E-state index in [2.05, 4.69) is 19.8 Å². The Morgan fingerprint density at radius 2 is 2.04 bits per heavy atom. The number of morpholine rings is 1. The van der Waals surface area contributed by atoms with Crippen molar-refractivity contribution in [1.82, 2.24) is 19.8 Å². The lowest BCUT2D eigenvalue weighted by Crippen LogP contribution is -2.38. The number of nitrogens with zero attached hydrogens (tertiary/aromatic N) is 2. The molecule has 1 aliphatic heterocycles. The monoisotopic (exact) mass is 384 g/mol. The Balaban J connectivity index is 1.55. The molecule has 25 heavy (non-hydrogen) atoms. The molecule has 0 amide bonds. The Kier molecular flexibility index (Phi) is 5.97. The highest BCUT2D eigenvalue weighted by Crippen LogP contribution is 2.28. The van der Waals surface area contributed by atoms with Gasteiger partial charge >= 0.3 is 0 Å². The van der Waals surface area contributed by atoms with E-state index >= 15 is 0 Å². The number of ether oxygens (including phenoxy) is 1. The highest BCUT2D eigenvalue weighted by molar-refractivity contribution is 7.91. The zero-order chi connectivity index (χ0) is 17.7. The molecule has 0 unspecified atom stereocenters. The average molecular weight is 384 g/mol. The summed E-state index contributed by atoms with van der Waals surface area (Å²) in [6.07, 6.45) is 0.749. The fraction of sp³-hybridized carbons (Fsp3) is 0.467. The van der Waals surface area contributed by atoms with Crippen molar-refractivity contribution in [3.63, 3.8) is 0 Å². The highest BCUT2D eigenvalue weighted by atomic mass is 32.2. The zero-order valence-electron chi connectivity index (χ0n) is 13.6. The summed E-state index contributed by atoms with van der Waals surface area (Å²) in [4.78, 5) is 14.0. The van der Waals surface area contributed by atoms with Crippen molar-refractivity contribution in [2.75, 3.05) is 39.4 Å². The SMILES string of the molecule is O=c1ccc(-c2ccc(S(=O)(=O)NCCCN3CCOCC3)s2)n[nH]1. The molecule has 0 atom stereocenters. The van der Waals surface area contributed by atoms with Crippen molar-refractivity contribution in [2.45, 2.75) is 10.6 Å². The normalized spacial score (nSPS) is 16.2. The molecule has 0 saturated carbocycles. The summed E-state index contributed by atoms with van der Waals surface area (Å²) >= 11 is 1.12. The van der Waals surface area contributed by atoms with Crippen LogP contribution in [0, 0.1) is 0 Å². The smallest absolute Gasteiger partial charge is 0.264 e. The fourth-order valence-electron chi connectivity index (χ4n) is 2.49. The van der Waals surface area contributed by atoms with Gasteiger partial charge in [-0.2, -0.15) is 5.10 Å². The maximum atomic E-state index is 12.4. The summed E-state index contributed by atoms with van der Waals surface area (Å²) in [5, 5.41) is 6.25. The van der Waals surface area contributed by atoms with E-state index in [-0.39, 0.29) is 9.77 Å². The first-order valence-electron chi connectivity index (χ1n) is 8.00. The minimum atomic E-state index is -3.53. The van der Waals surface area contributed by atoms with Gasteiger partial charge in [-0.05, 0) is 31.2 Å². The van der Waals surface area contributed by atoms with Crippen LogP contribution in [0.3, 0.4) is 0 Å². The molecule has 1 saturated heterocycles. The van der Waals surface area contributed by atoms with Gasteiger partial charge in [0.25, 0.3) is 5.56 Å². The molecule has 2 aromatic rings. The van der Waals surface area contributed by atoms with E-state index in [1.165, 1.54) is 6.07 Å². The van der Waals surface area contributed by atoms with E-state index < -0.39 is 10.0 Å². The van der Waals surface area contributed by atoms with Gasteiger partial charge in [-0.25, -0.2) is 18.2 Å². The number of aromatic amines is 1. The third-order valence-electron chi connectivity index (χ3n) is 3.82. The van der Waals surface area contributed by atoms with E-state index in [1.54, 1.807) is 18.2 Å². The molecule has 2 N–H and O–H groups in total. The third-order valence-corrected chi connectivity index (χ3v) is 6.89. The van der Waals surface area contributed by atoms with Crippen molar-refractivity contribution in [1.29, 1.82) is 0 Å². The summed E-state index contributed by atoms with van der Waals surface area (Å²) in [7, 11) is -3.53. The molecule has 136 valence electrons. The number of sulfonamides is 1. The molecule has 3 rings (SSSR count). The maximum absolute atomic E-state index is 12.4. The van der Waals surface area contributed by atoms with E-state index in [1.807, 2.05) is 0 Å². The Morgan fingerprint density at radius 1 is 1.24 bits per heavy atom. The number of H-pyrrole nitrogens is 1. The van der Waals surface area contributed by atoms with E-state index in [9.17, 15) is 13.2 Å². The van der Waals surface area contributed by atoms with Crippen LogP contribution in [0.2, 0.25) is 0 Å². The van der Waals surface area contributed by atoms with Crippen LogP contribution in [0.4, 0.5) is 0 Å². The molecular weight excluding hydrogens is 364 g/mol. The molecule has 10 heteroatoms. The second-order valence-electron chi connectivity index (χ2n) is 5.63. The minimum Gasteiger partial charge on any atom is -0.379 e. The molecule has 0 aliphatic carbocycles. The summed E-state index contributed by atoms with van der Waals surface area (Å²) in [6.45, 7) is 4.51. The van der Waals surface area contributed by atoms with Crippen LogP contribution in [0.1, 0.15) is 6.42 Å². The van der Waals surface area contributed by atoms with Crippen molar-refractivity contribution >= 4 is 21.4 Å². The van der Waals surface area contributed by atoms with Gasteiger partial charge in [0.15, 0.2) is 0 Å². The third kappa shape index (κ3) is 4.95. The van der Waals surface area contributed by atoms with E-state index in [0.29, 0.717) is 17.1 Å². The Bertz CT molecular complexity index is 836. The Labute approximate surface area is 149 Å².